The molecule has 2 rings (SSSR count). The highest BCUT2D eigenvalue weighted by Crippen LogP contribution is 2.31. The van der Waals surface area contributed by atoms with Crippen LogP contribution < -0.4 is 5.32 Å². The predicted molar refractivity (Wildman–Crippen MR) is 61.6 cm³/mol. The van der Waals surface area contributed by atoms with E-state index >= 15 is 0 Å². The van der Waals surface area contributed by atoms with Crippen molar-refractivity contribution in [2.24, 2.45) is 11.8 Å². The summed E-state index contributed by atoms with van der Waals surface area (Å²) in [6, 6.07) is 0. The zero-order valence-electron chi connectivity index (χ0n) is 9.13. The molecule has 17 heavy (non-hydrogen) atoms. The third-order valence-corrected chi connectivity index (χ3v) is 3.61. The third-order valence-electron chi connectivity index (χ3n) is 3.03. The van der Waals surface area contributed by atoms with Gasteiger partial charge in [0.1, 0.15) is 5.00 Å². The Morgan fingerprint density at radius 2 is 2.06 bits per heavy atom. The van der Waals surface area contributed by atoms with Crippen molar-refractivity contribution in [2.45, 2.75) is 25.7 Å². The van der Waals surface area contributed by atoms with Gasteiger partial charge in [-0.2, -0.15) is 0 Å². The Labute approximate surface area is 102 Å². The van der Waals surface area contributed by atoms with Crippen molar-refractivity contribution in [3.8, 4) is 0 Å². The molecule has 0 saturated heterocycles. The number of carboxylic acid groups (broad SMARTS) is 1. The molecule has 1 aliphatic carbocycles. The summed E-state index contributed by atoms with van der Waals surface area (Å²) in [5.74, 6) is -2.12. The summed E-state index contributed by atoms with van der Waals surface area (Å²) >= 11 is 1.08. The fourth-order valence-corrected chi connectivity index (χ4v) is 2.60. The maximum atomic E-state index is 12.0. The van der Waals surface area contributed by atoms with E-state index in [-0.39, 0.29) is 5.91 Å². The monoisotopic (exact) mass is 255 g/mol. The zero-order valence-corrected chi connectivity index (χ0v) is 9.94. The number of carbonyl (C=O) groups excluding carboxylic acids is 1. The number of hydrogen-bond donors (Lipinski definition) is 2. The molecule has 1 aromatic rings. The van der Waals surface area contributed by atoms with Crippen LogP contribution in [0.15, 0.2) is 6.20 Å². The molecule has 0 unspecified atom stereocenters. The summed E-state index contributed by atoms with van der Waals surface area (Å²) in [6.45, 7) is 0. The highest BCUT2D eigenvalue weighted by Gasteiger charge is 2.35. The van der Waals surface area contributed by atoms with Crippen molar-refractivity contribution < 1.29 is 14.7 Å². The Morgan fingerprint density at radius 3 is 2.65 bits per heavy atom. The van der Waals surface area contributed by atoms with Crippen molar-refractivity contribution in [3.05, 3.63) is 6.20 Å². The Bertz CT molecular complexity index is 407. The van der Waals surface area contributed by atoms with Crippen LogP contribution in [0.4, 0.5) is 5.00 Å². The maximum absolute atomic E-state index is 12.0. The van der Waals surface area contributed by atoms with E-state index < -0.39 is 17.8 Å². The fraction of sp³-hybridized carbons (Fsp3) is 0.600. The number of aliphatic carboxylic acids is 1. The van der Waals surface area contributed by atoms with Gasteiger partial charge in [0, 0.05) is 11.5 Å². The van der Waals surface area contributed by atoms with Crippen LogP contribution in [-0.2, 0) is 9.59 Å². The number of rotatable bonds is 3. The van der Waals surface area contributed by atoms with E-state index in [2.05, 4.69) is 14.9 Å². The Kier molecular flexibility index (Phi) is 3.68. The van der Waals surface area contributed by atoms with Crippen LogP contribution in [0.2, 0.25) is 0 Å². The number of amides is 1. The predicted octanol–water partition coefficient (Wildman–Crippen LogP) is 1.37. The number of hydrogen-bond acceptors (Lipinski definition) is 5. The molecule has 2 atom stereocenters. The number of carbonyl (C=O) groups is 2. The lowest BCUT2D eigenvalue weighted by atomic mass is 9.79. The first-order valence-corrected chi connectivity index (χ1v) is 6.27. The first kappa shape index (κ1) is 12.0. The first-order valence-electron chi connectivity index (χ1n) is 5.49. The Balaban J connectivity index is 2.03. The van der Waals surface area contributed by atoms with Gasteiger partial charge >= 0.3 is 5.97 Å². The van der Waals surface area contributed by atoms with Crippen LogP contribution in [0.5, 0.6) is 0 Å². The van der Waals surface area contributed by atoms with Crippen molar-refractivity contribution in [3.63, 3.8) is 0 Å². The molecule has 92 valence electrons. The number of carboxylic acids is 1. The molecule has 1 saturated carbocycles. The third kappa shape index (κ3) is 2.79. The molecule has 1 heterocycles. The van der Waals surface area contributed by atoms with Crippen LogP contribution in [0.25, 0.3) is 0 Å². The van der Waals surface area contributed by atoms with E-state index in [0.717, 1.165) is 24.4 Å². The molecule has 1 aliphatic rings. The molecular formula is C10H13N3O3S. The Hall–Kier alpha value is -1.50. The average molecular weight is 255 g/mol. The molecule has 1 amide bonds. The SMILES string of the molecule is O=C(O)[C@H]1CCCC[C@H]1C(=O)Nc1cnns1. The summed E-state index contributed by atoms with van der Waals surface area (Å²) < 4.78 is 3.64. The highest BCUT2D eigenvalue weighted by molar-refractivity contribution is 7.10. The van der Waals surface area contributed by atoms with E-state index in [1.165, 1.54) is 6.20 Å². The molecule has 0 spiro atoms. The second-order valence-corrected chi connectivity index (χ2v) is 4.89. The smallest absolute Gasteiger partial charge is 0.307 e. The summed E-state index contributed by atoms with van der Waals surface area (Å²) in [4.78, 5) is 23.0. The van der Waals surface area contributed by atoms with Crippen molar-refractivity contribution >= 4 is 28.4 Å². The lowest BCUT2D eigenvalue weighted by molar-refractivity contribution is -0.147. The second-order valence-electron chi connectivity index (χ2n) is 4.11. The van der Waals surface area contributed by atoms with Crippen LogP contribution in [-0.4, -0.2) is 26.6 Å². The molecule has 7 heteroatoms. The summed E-state index contributed by atoms with van der Waals surface area (Å²) in [5, 5.41) is 15.9. The van der Waals surface area contributed by atoms with Gasteiger partial charge < -0.3 is 10.4 Å². The minimum absolute atomic E-state index is 0.233. The molecule has 1 fully saturated rings. The van der Waals surface area contributed by atoms with Gasteiger partial charge in [-0.1, -0.05) is 17.3 Å². The van der Waals surface area contributed by atoms with Gasteiger partial charge in [0.15, 0.2) is 0 Å². The van der Waals surface area contributed by atoms with E-state index in [0.29, 0.717) is 17.8 Å². The van der Waals surface area contributed by atoms with Crippen molar-refractivity contribution in [1.29, 1.82) is 0 Å². The lowest BCUT2D eigenvalue weighted by Gasteiger charge is -2.26. The fourth-order valence-electron chi connectivity index (χ4n) is 2.18. The summed E-state index contributed by atoms with van der Waals surface area (Å²) in [5.41, 5.74) is 0. The van der Waals surface area contributed by atoms with Crippen molar-refractivity contribution in [1.82, 2.24) is 9.59 Å². The van der Waals surface area contributed by atoms with Gasteiger partial charge in [-0.3, -0.25) is 9.59 Å². The van der Waals surface area contributed by atoms with E-state index in [1.54, 1.807) is 0 Å². The standard InChI is InChI=1S/C10H13N3O3S/c14-9(12-8-5-11-13-17-8)6-3-1-2-4-7(6)10(15)16/h5-7H,1-4H2,(H,12,14)(H,15,16)/t6-,7+/m1/s1. The minimum atomic E-state index is -0.882. The average Bonchev–Trinajstić information content (AvgIpc) is 2.81. The Morgan fingerprint density at radius 1 is 1.35 bits per heavy atom. The van der Waals surface area contributed by atoms with Crippen molar-refractivity contribution in [2.75, 3.05) is 5.32 Å². The largest absolute Gasteiger partial charge is 0.481 e. The second kappa shape index (κ2) is 5.22. The van der Waals surface area contributed by atoms with E-state index in [4.69, 9.17) is 5.11 Å². The lowest BCUT2D eigenvalue weighted by Crippen LogP contribution is -2.35. The quantitative estimate of drug-likeness (QED) is 0.851. The zero-order chi connectivity index (χ0) is 12.3. The van der Waals surface area contributed by atoms with E-state index in [1.807, 2.05) is 0 Å². The van der Waals surface area contributed by atoms with Gasteiger partial charge in [-0.15, -0.1) is 5.10 Å². The molecule has 0 bridgehead atoms. The van der Waals surface area contributed by atoms with Crippen LogP contribution in [0.3, 0.4) is 0 Å². The maximum Gasteiger partial charge on any atom is 0.307 e. The van der Waals surface area contributed by atoms with Crippen LogP contribution >= 0.6 is 11.5 Å². The number of anilines is 1. The topological polar surface area (TPSA) is 92.2 Å². The molecule has 2 N–H and O–H groups in total. The number of aromatic nitrogens is 2. The van der Waals surface area contributed by atoms with Gasteiger partial charge in [-0.05, 0) is 12.8 Å². The minimum Gasteiger partial charge on any atom is -0.481 e. The number of nitrogens with one attached hydrogen (secondary N) is 1. The van der Waals surface area contributed by atoms with Gasteiger partial charge in [0.2, 0.25) is 5.91 Å². The van der Waals surface area contributed by atoms with Gasteiger partial charge in [0.05, 0.1) is 18.0 Å². The molecule has 0 radical (unpaired) electrons. The number of nitrogens with zero attached hydrogens (tertiary/aromatic N) is 2. The first-order chi connectivity index (χ1) is 8.18. The van der Waals surface area contributed by atoms with E-state index in [9.17, 15) is 9.59 Å². The molecule has 0 aliphatic heterocycles. The molecular weight excluding hydrogens is 242 g/mol. The summed E-state index contributed by atoms with van der Waals surface area (Å²) in [7, 11) is 0. The van der Waals surface area contributed by atoms with Crippen LogP contribution in [0.1, 0.15) is 25.7 Å². The highest BCUT2D eigenvalue weighted by atomic mass is 32.1. The summed E-state index contributed by atoms with van der Waals surface area (Å²) in [6.07, 6.45) is 4.45. The molecule has 6 nitrogen and oxygen atoms in total. The van der Waals surface area contributed by atoms with Gasteiger partial charge in [0.25, 0.3) is 0 Å². The normalized spacial score (nSPS) is 24.2. The van der Waals surface area contributed by atoms with Crippen LogP contribution in [0, 0.1) is 11.8 Å². The molecule has 1 aromatic heterocycles. The van der Waals surface area contributed by atoms with Gasteiger partial charge in [-0.25, -0.2) is 0 Å². The molecule has 0 aromatic carbocycles.